The lowest BCUT2D eigenvalue weighted by atomic mass is 9.54. The highest BCUT2D eigenvalue weighted by molar-refractivity contribution is 6.02. The third-order valence-corrected chi connectivity index (χ3v) is 7.13. The van der Waals surface area contributed by atoms with Gasteiger partial charge in [-0.2, -0.15) is 5.26 Å². The minimum atomic E-state index is -0.845. The van der Waals surface area contributed by atoms with E-state index in [1.165, 1.54) is 7.11 Å². The molecule has 2 aliphatic rings. The lowest BCUT2D eigenvalue weighted by Crippen LogP contribution is -2.48. The van der Waals surface area contributed by atoms with Gasteiger partial charge in [-0.05, 0) is 48.1 Å². The summed E-state index contributed by atoms with van der Waals surface area (Å²) in [5.41, 5.74) is 3.15. The first kappa shape index (κ1) is 21.7. The molecule has 2 aliphatic carbocycles. The van der Waals surface area contributed by atoms with Crippen LogP contribution in [0.4, 0.5) is 0 Å². The largest absolute Gasteiger partial charge is 0.465 e. The number of ether oxygens (including phenoxy) is 1. The first-order valence-corrected chi connectivity index (χ1v) is 11.3. The number of aromatic nitrogens is 2. The van der Waals surface area contributed by atoms with E-state index in [2.05, 4.69) is 11.1 Å². The number of carbonyl (C=O) groups excluding carboxylic acids is 2. The van der Waals surface area contributed by atoms with Gasteiger partial charge in [-0.15, -0.1) is 0 Å². The number of nitriles is 1. The first-order valence-electron chi connectivity index (χ1n) is 11.3. The molecule has 0 amide bonds. The minimum Gasteiger partial charge on any atom is -0.465 e. The van der Waals surface area contributed by atoms with Gasteiger partial charge < -0.3 is 4.74 Å². The fourth-order valence-corrected chi connectivity index (χ4v) is 5.48. The highest BCUT2D eigenvalue weighted by atomic mass is 16.5. The number of allylic oxidation sites excluding steroid dienone is 2. The van der Waals surface area contributed by atoms with E-state index in [0.29, 0.717) is 11.4 Å². The Morgan fingerprint density at radius 3 is 2.71 bits per heavy atom. The second kappa shape index (κ2) is 8.35. The molecule has 0 N–H and O–H groups in total. The van der Waals surface area contributed by atoms with Crippen molar-refractivity contribution >= 4 is 11.8 Å². The fraction of sp³-hybridized carbons (Fsp3) is 0.250. The second-order valence-corrected chi connectivity index (χ2v) is 8.84. The Kier molecular flexibility index (Phi) is 5.33. The highest BCUT2D eigenvalue weighted by Gasteiger charge is 2.53. The van der Waals surface area contributed by atoms with Gasteiger partial charge in [0.25, 0.3) is 0 Å². The smallest absolute Gasteiger partial charge is 0.337 e. The summed E-state index contributed by atoms with van der Waals surface area (Å²) in [5.74, 6) is -0.489. The van der Waals surface area contributed by atoms with Crippen LogP contribution in [0.5, 0.6) is 0 Å². The summed E-state index contributed by atoms with van der Waals surface area (Å²) in [6.45, 7) is 1.89. The molecule has 0 radical (unpaired) electrons. The number of hydrogen-bond donors (Lipinski definition) is 0. The molecule has 5 rings (SSSR count). The van der Waals surface area contributed by atoms with E-state index in [1.54, 1.807) is 18.2 Å². The summed E-state index contributed by atoms with van der Waals surface area (Å²) >= 11 is 0. The zero-order chi connectivity index (χ0) is 23.9. The maximum Gasteiger partial charge on any atom is 0.337 e. The summed E-state index contributed by atoms with van der Waals surface area (Å²) in [4.78, 5) is 35.0. The van der Waals surface area contributed by atoms with Crippen LogP contribution in [-0.2, 0) is 21.4 Å². The molecule has 168 valence electrons. The summed E-state index contributed by atoms with van der Waals surface area (Å²) < 4.78 is 4.95. The second-order valence-electron chi connectivity index (χ2n) is 8.84. The summed E-state index contributed by atoms with van der Waals surface area (Å²) in [7, 11) is 1.35. The van der Waals surface area contributed by atoms with Gasteiger partial charge in [0.05, 0.1) is 29.4 Å². The zero-order valence-corrected chi connectivity index (χ0v) is 19.0. The number of hydrogen-bond acceptors (Lipinski definition) is 6. The van der Waals surface area contributed by atoms with Gasteiger partial charge in [-0.3, -0.25) is 4.79 Å². The Hall–Kier alpha value is -4.11. The molecule has 0 fully saturated rings. The number of aryl methyl sites for hydroxylation is 1. The van der Waals surface area contributed by atoms with Crippen LogP contribution < -0.4 is 0 Å². The molecule has 1 heterocycles. The maximum atomic E-state index is 13.0. The van der Waals surface area contributed by atoms with Crippen molar-refractivity contribution in [3.05, 3.63) is 94.8 Å². The van der Waals surface area contributed by atoms with Crippen LogP contribution in [0.2, 0.25) is 0 Å². The van der Waals surface area contributed by atoms with Crippen LogP contribution in [-0.4, -0.2) is 28.8 Å². The molecule has 0 bridgehead atoms. The molecule has 3 aromatic rings. The predicted molar refractivity (Wildman–Crippen MR) is 126 cm³/mol. The Morgan fingerprint density at radius 2 is 1.97 bits per heavy atom. The van der Waals surface area contributed by atoms with E-state index in [0.717, 1.165) is 35.2 Å². The quantitative estimate of drug-likeness (QED) is 0.549. The van der Waals surface area contributed by atoms with Crippen LogP contribution in [0.15, 0.2) is 72.4 Å². The van der Waals surface area contributed by atoms with Crippen molar-refractivity contribution in [3.63, 3.8) is 0 Å². The van der Waals surface area contributed by atoms with Crippen molar-refractivity contribution in [3.8, 4) is 17.5 Å². The van der Waals surface area contributed by atoms with E-state index < -0.39 is 11.4 Å². The number of nitrogens with zero attached hydrogens (tertiary/aromatic N) is 3. The molecule has 0 saturated carbocycles. The van der Waals surface area contributed by atoms with Crippen LogP contribution in [0.25, 0.3) is 11.4 Å². The minimum absolute atomic E-state index is 0.115. The highest BCUT2D eigenvalue weighted by Crippen LogP contribution is 2.53. The number of methoxy groups -OCH3 is 1. The summed E-state index contributed by atoms with van der Waals surface area (Å²) in [6, 6.07) is 19.1. The van der Waals surface area contributed by atoms with Gasteiger partial charge >= 0.3 is 5.97 Å². The Morgan fingerprint density at radius 1 is 1.18 bits per heavy atom. The molecule has 6 nitrogen and oxygen atoms in total. The topological polar surface area (TPSA) is 92.9 Å². The molecule has 2 aromatic carbocycles. The Labute approximate surface area is 197 Å². The van der Waals surface area contributed by atoms with E-state index in [9.17, 15) is 14.9 Å². The van der Waals surface area contributed by atoms with E-state index >= 15 is 0 Å². The van der Waals surface area contributed by atoms with Gasteiger partial charge in [0, 0.05) is 17.7 Å². The van der Waals surface area contributed by atoms with Crippen LogP contribution in [0, 0.1) is 23.2 Å². The van der Waals surface area contributed by atoms with Crippen molar-refractivity contribution in [1.29, 1.82) is 5.26 Å². The molecular formula is C28H23N3O3. The normalized spacial score (nSPS) is 23.2. The Bertz CT molecular complexity index is 1370. The van der Waals surface area contributed by atoms with Crippen molar-refractivity contribution in [2.24, 2.45) is 11.8 Å². The van der Waals surface area contributed by atoms with Gasteiger partial charge in [-0.25, -0.2) is 14.8 Å². The average molecular weight is 450 g/mol. The predicted octanol–water partition coefficient (Wildman–Crippen LogP) is 4.45. The monoisotopic (exact) mass is 449 g/mol. The third kappa shape index (κ3) is 3.24. The van der Waals surface area contributed by atoms with Crippen LogP contribution >= 0.6 is 0 Å². The number of carbonyl (C=O) groups is 2. The van der Waals surface area contributed by atoms with Gasteiger partial charge in [-0.1, -0.05) is 49.4 Å². The molecule has 3 atom stereocenters. The van der Waals surface area contributed by atoms with Crippen molar-refractivity contribution in [2.45, 2.75) is 25.2 Å². The number of esters is 1. The SMILES string of the molecule is COC(=O)c1cccc([C@]23C=C(C#N)C(=O)[C@@H](C)C2CCc2cnc(-c4ccccc4)nc23)c1. The number of ketones is 1. The molecule has 1 aromatic heterocycles. The van der Waals surface area contributed by atoms with Crippen molar-refractivity contribution in [1.82, 2.24) is 9.97 Å². The standard InChI is InChI=1S/C28H23N3O3/c1-17-23-12-11-20-16-30-26(18-7-4-3-5-8-18)31-25(20)28(23,14-21(15-29)24(17)32)22-10-6-9-19(13-22)27(33)34-2/h3-10,13-14,16-17,23H,11-12H2,1-2H3/t17-,23?,28+/m0/s1. The van der Waals surface area contributed by atoms with Crippen molar-refractivity contribution < 1.29 is 14.3 Å². The number of Topliss-reactive ketones (excluding diaryl/α,β-unsaturated/α-hetero) is 1. The lowest BCUT2D eigenvalue weighted by Gasteiger charge is -2.48. The lowest BCUT2D eigenvalue weighted by molar-refractivity contribution is -0.121. The molecular weight excluding hydrogens is 426 g/mol. The third-order valence-electron chi connectivity index (χ3n) is 7.13. The summed E-state index contributed by atoms with van der Waals surface area (Å²) in [5, 5.41) is 9.85. The van der Waals surface area contributed by atoms with Gasteiger partial charge in [0.2, 0.25) is 0 Å². The van der Waals surface area contributed by atoms with E-state index in [1.807, 2.05) is 55.6 Å². The molecule has 34 heavy (non-hydrogen) atoms. The molecule has 6 heteroatoms. The summed E-state index contributed by atoms with van der Waals surface area (Å²) in [6.07, 6.45) is 5.11. The molecule has 0 spiro atoms. The van der Waals surface area contributed by atoms with E-state index in [-0.39, 0.29) is 23.2 Å². The van der Waals surface area contributed by atoms with Crippen LogP contribution in [0.1, 0.15) is 40.5 Å². The van der Waals surface area contributed by atoms with Crippen molar-refractivity contribution in [2.75, 3.05) is 7.11 Å². The van der Waals surface area contributed by atoms with E-state index in [4.69, 9.17) is 9.72 Å². The average Bonchev–Trinajstić information content (AvgIpc) is 2.90. The maximum absolute atomic E-state index is 13.0. The first-order chi connectivity index (χ1) is 16.5. The van der Waals surface area contributed by atoms with Gasteiger partial charge in [0.1, 0.15) is 6.07 Å². The van der Waals surface area contributed by atoms with Crippen LogP contribution in [0.3, 0.4) is 0 Å². The number of benzene rings is 2. The van der Waals surface area contributed by atoms with Gasteiger partial charge in [0.15, 0.2) is 11.6 Å². The molecule has 1 unspecified atom stereocenters. The zero-order valence-electron chi connectivity index (χ0n) is 19.0. The number of rotatable bonds is 3. The molecule has 0 saturated heterocycles. The fourth-order valence-electron chi connectivity index (χ4n) is 5.48. The number of fused-ring (bicyclic) bond motifs is 3. The Balaban J connectivity index is 1.83. The molecule has 0 aliphatic heterocycles.